The van der Waals surface area contributed by atoms with Crippen LogP contribution < -0.4 is 10.1 Å². The summed E-state index contributed by atoms with van der Waals surface area (Å²) in [7, 11) is -2.25. The Balaban J connectivity index is 2.11. The third-order valence-corrected chi connectivity index (χ3v) is 5.63. The second-order valence-corrected chi connectivity index (χ2v) is 7.54. The van der Waals surface area contributed by atoms with Crippen LogP contribution in [-0.4, -0.2) is 38.8 Å². The summed E-state index contributed by atoms with van der Waals surface area (Å²) in [6, 6.07) is 12.7. The summed E-state index contributed by atoms with van der Waals surface area (Å²) in [6.07, 6.45) is 0. The maximum atomic E-state index is 12.7. The summed E-state index contributed by atoms with van der Waals surface area (Å²) < 4.78 is 31.5. The van der Waals surface area contributed by atoms with Gasteiger partial charge in [-0.25, -0.2) is 8.42 Å². The quantitative estimate of drug-likeness (QED) is 0.798. The third-order valence-electron chi connectivity index (χ3n) is 3.48. The molecule has 2 aromatic rings. The lowest BCUT2D eigenvalue weighted by molar-refractivity contribution is -0.116. The molecule has 6 nitrogen and oxygen atoms in total. The van der Waals surface area contributed by atoms with Crippen LogP contribution >= 0.6 is 11.6 Å². The van der Waals surface area contributed by atoms with Crippen molar-refractivity contribution >= 4 is 33.2 Å². The number of methoxy groups -OCH3 is 1. The average molecular weight is 383 g/mol. The van der Waals surface area contributed by atoms with Gasteiger partial charge in [0.25, 0.3) is 0 Å². The fraction of sp³-hybridized carbons (Fsp3) is 0.235. The van der Waals surface area contributed by atoms with Gasteiger partial charge in [-0.2, -0.15) is 4.31 Å². The summed E-state index contributed by atoms with van der Waals surface area (Å²) in [6.45, 7) is 1.53. The first kappa shape index (κ1) is 19.2. The van der Waals surface area contributed by atoms with Crippen molar-refractivity contribution in [3.05, 3.63) is 53.6 Å². The van der Waals surface area contributed by atoms with Gasteiger partial charge in [-0.05, 0) is 42.5 Å². The van der Waals surface area contributed by atoms with Gasteiger partial charge in [-0.1, -0.05) is 24.6 Å². The molecule has 25 heavy (non-hydrogen) atoms. The number of benzene rings is 2. The zero-order valence-corrected chi connectivity index (χ0v) is 15.5. The third kappa shape index (κ3) is 4.94. The molecule has 0 aromatic heterocycles. The SMILES string of the molecule is CCN(CC(=O)Nc1ccc(OC)cc1)S(=O)(=O)c1cccc(Cl)c1. The first-order valence-electron chi connectivity index (χ1n) is 7.56. The fourth-order valence-electron chi connectivity index (χ4n) is 2.18. The van der Waals surface area contributed by atoms with Gasteiger partial charge < -0.3 is 10.1 Å². The molecule has 0 atom stereocenters. The van der Waals surface area contributed by atoms with E-state index in [0.717, 1.165) is 4.31 Å². The molecule has 0 saturated heterocycles. The van der Waals surface area contributed by atoms with Gasteiger partial charge >= 0.3 is 0 Å². The van der Waals surface area contributed by atoms with E-state index in [1.165, 1.54) is 12.1 Å². The number of amides is 1. The largest absolute Gasteiger partial charge is 0.497 e. The van der Waals surface area contributed by atoms with E-state index in [0.29, 0.717) is 16.5 Å². The molecule has 2 aromatic carbocycles. The van der Waals surface area contributed by atoms with Crippen molar-refractivity contribution in [1.82, 2.24) is 4.31 Å². The van der Waals surface area contributed by atoms with Crippen molar-refractivity contribution in [2.75, 3.05) is 25.5 Å². The lowest BCUT2D eigenvalue weighted by Crippen LogP contribution is -2.37. The second kappa shape index (κ2) is 8.33. The highest BCUT2D eigenvalue weighted by Gasteiger charge is 2.25. The van der Waals surface area contributed by atoms with E-state index in [9.17, 15) is 13.2 Å². The summed E-state index contributed by atoms with van der Waals surface area (Å²) in [5.41, 5.74) is 0.557. The van der Waals surface area contributed by atoms with Crippen molar-refractivity contribution in [3.8, 4) is 5.75 Å². The van der Waals surface area contributed by atoms with Crippen LogP contribution in [0.5, 0.6) is 5.75 Å². The summed E-state index contributed by atoms with van der Waals surface area (Å²) in [5.74, 6) is 0.231. The predicted octanol–water partition coefficient (Wildman–Crippen LogP) is 3.00. The molecule has 0 aliphatic rings. The number of sulfonamides is 1. The van der Waals surface area contributed by atoms with E-state index in [1.54, 1.807) is 50.4 Å². The highest BCUT2D eigenvalue weighted by molar-refractivity contribution is 7.89. The molecule has 0 fully saturated rings. The molecule has 2 rings (SSSR count). The van der Waals surface area contributed by atoms with Gasteiger partial charge in [-0.15, -0.1) is 0 Å². The van der Waals surface area contributed by atoms with E-state index in [1.807, 2.05) is 0 Å². The van der Waals surface area contributed by atoms with Gasteiger partial charge in [-0.3, -0.25) is 4.79 Å². The van der Waals surface area contributed by atoms with Crippen LogP contribution in [0, 0.1) is 0 Å². The lowest BCUT2D eigenvalue weighted by atomic mass is 10.3. The molecule has 134 valence electrons. The number of nitrogens with one attached hydrogen (secondary N) is 1. The molecule has 0 spiro atoms. The molecule has 0 aliphatic carbocycles. The van der Waals surface area contributed by atoms with Gasteiger partial charge in [0.15, 0.2) is 0 Å². The molecule has 0 radical (unpaired) electrons. The molecule has 0 bridgehead atoms. The van der Waals surface area contributed by atoms with Crippen LogP contribution in [0.3, 0.4) is 0 Å². The maximum Gasteiger partial charge on any atom is 0.243 e. The van der Waals surface area contributed by atoms with Gasteiger partial charge in [0.1, 0.15) is 5.75 Å². The maximum absolute atomic E-state index is 12.7. The predicted molar refractivity (Wildman–Crippen MR) is 97.5 cm³/mol. The standard InChI is InChI=1S/C17H19ClN2O4S/c1-3-20(25(22,23)16-6-4-5-13(18)11-16)12-17(21)19-14-7-9-15(24-2)10-8-14/h4-11H,3,12H2,1-2H3,(H,19,21). The van der Waals surface area contributed by atoms with Crippen LogP contribution in [-0.2, 0) is 14.8 Å². The monoisotopic (exact) mass is 382 g/mol. The Morgan fingerprint density at radius 1 is 1.20 bits per heavy atom. The molecule has 1 amide bonds. The minimum Gasteiger partial charge on any atom is -0.497 e. The van der Waals surface area contributed by atoms with Crippen LogP contribution in [0.15, 0.2) is 53.4 Å². The van der Waals surface area contributed by atoms with Crippen molar-refractivity contribution in [1.29, 1.82) is 0 Å². The number of carbonyl (C=O) groups excluding carboxylic acids is 1. The van der Waals surface area contributed by atoms with E-state index < -0.39 is 15.9 Å². The minimum absolute atomic E-state index is 0.0547. The Kier molecular flexibility index (Phi) is 6.41. The Bertz CT molecular complexity index is 838. The van der Waals surface area contributed by atoms with E-state index in [2.05, 4.69) is 5.32 Å². The number of nitrogens with zero attached hydrogens (tertiary/aromatic N) is 1. The number of rotatable bonds is 7. The van der Waals surface area contributed by atoms with E-state index in [4.69, 9.17) is 16.3 Å². The lowest BCUT2D eigenvalue weighted by Gasteiger charge is -2.20. The van der Waals surface area contributed by atoms with Crippen LogP contribution in [0.25, 0.3) is 0 Å². The Morgan fingerprint density at radius 3 is 2.44 bits per heavy atom. The zero-order chi connectivity index (χ0) is 18.4. The normalized spacial score (nSPS) is 11.4. The molecule has 1 N–H and O–H groups in total. The number of anilines is 1. The van der Waals surface area contributed by atoms with Crippen LogP contribution in [0.2, 0.25) is 5.02 Å². The minimum atomic E-state index is -3.80. The first-order chi connectivity index (χ1) is 11.9. The van der Waals surface area contributed by atoms with Crippen LogP contribution in [0.4, 0.5) is 5.69 Å². The van der Waals surface area contributed by atoms with E-state index in [-0.39, 0.29) is 18.0 Å². The van der Waals surface area contributed by atoms with Gasteiger partial charge in [0.2, 0.25) is 15.9 Å². The van der Waals surface area contributed by atoms with E-state index >= 15 is 0 Å². The number of likely N-dealkylation sites (N-methyl/N-ethyl adjacent to an activating group) is 1. The van der Waals surface area contributed by atoms with Crippen molar-refractivity contribution in [2.24, 2.45) is 0 Å². The number of hydrogen-bond acceptors (Lipinski definition) is 4. The Morgan fingerprint density at radius 2 is 1.88 bits per heavy atom. The number of ether oxygens (including phenoxy) is 1. The smallest absolute Gasteiger partial charge is 0.243 e. The molecule has 0 heterocycles. The highest BCUT2D eigenvalue weighted by Crippen LogP contribution is 2.20. The van der Waals surface area contributed by atoms with Crippen molar-refractivity contribution < 1.29 is 17.9 Å². The summed E-state index contributed by atoms with van der Waals surface area (Å²) >= 11 is 5.86. The first-order valence-corrected chi connectivity index (χ1v) is 9.38. The second-order valence-electron chi connectivity index (χ2n) is 5.17. The Labute approximate surface area is 152 Å². The molecule has 8 heteroatoms. The number of carbonyl (C=O) groups is 1. The van der Waals surface area contributed by atoms with Gasteiger partial charge in [0.05, 0.1) is 18.6 Å². The highest BCUT2D eigenvalue weighted by atomic mass is 35.5. The number of hydrogen-bond donors (Lipinski definition) is 1. The van der Waals surface area contributed by atoms with Crippen molar-refractivity contribution in [2.45, 2.75) is 11.8 Å². The molecule has 0 saturated carbocycles. The van der Waals surface area contributed by atoms with Gasteiger partial charge in [0, 0.05) is 17.3 Å². The number of halogens is 1. The average Bonchev–Trinajstić information content (AvgIpc) is 2.60. The topological polar surface area (TPSA) is 75.7 Å². The molecular weight excluding hydrogens is 364 g/mol. The fourth-order valence-corrected chi connectivity index (χ4v) is 3.88. The molecular formula is C17H19ClN2O4S. The summed E-state index contributed by atoms with van der Waals surface area (Å²) in [5, 5.41) is 2.99. The molecule has 0 unspecified atom stereocenters. The van der Waals surface area contributed by atoms with Crippen molar-refractivity contribution in [3.63, 3.8) is 0 Å². The summed E-state index contributed by atoms with van der Waals surface area (Å²) in [4.78, 5) is 12.3. The van der Waals surface area contributed by atoms with Crippen LogP contribution in [0.1, 0.15) is 6.92 Å². The molecule has 0 aliphatic heterocycles. The zero-order valence-electron chi connectivity index (χ0n) is 13.9. The Hall–Kier alpha value is -2.09.